The van der Waals surface area contributed by atoms with Crippen LogP contribution in [-0.4, -0.2) is 31.8 Å². The van der Waals surface area contributed by atoms with E-state index in [1.165, 1.54) is 12.1 Å². The number of rotatable bonds is 4. The molecule has 0 spiro atoms. The molecule has 1 N–H and O–H groups in total. The zero-order chi connectivity index (χ0) is 19.8. The molecule has 0 bridgehead atoms. The van der Waals surface area contributed by atoms with Crippen molar-refractivity contribution in [2.45, 2.75) is 29.3 Å². The monoisotopic (exact) mass is 400 g/mol. The zero-order valence-electron chi connectivity index (χ0n) is 13.8. The summed E-state index contributed by atoms with van der Waals surface area (Å²) in [5.74, 6) is -3.93. The Labute approximate surface area is 153 Å². The number of carbonyl (C=O) groups is 1. The first-order valence-electron chi connectivity index (χ1n) is 7.94. The molecule has 0 amide bonds. The number of aliphatic carboxylic acids is 1. The lowest BCUT2D eigenvalue weighted by Crippen LogP contribution is -2.47. The number of fused-ring (bicyclic) bond motifs is 1. The molecule has 0 aromatic heterocycles. The van der Waals surface area contributed by atoms with Crippen LogP contribution in [0.2, 0.25) is 0 Å². The van der Waals surface area contributed by atoms with E-state index in [0.29, 0.717) is 5.56 Å². The van der Waals surface area contributed by atoms with Gasteiger partial charge in [-0.15, -0.1) is 0 Å². The first-order chi connectivity index (χ1) is 12.6. The molecule has 9 heteroatoms. The largest absolute Gasteiger partial charge is 0.481 e. The highest BCUT2D eigenvalue weighted by molar-refractivity contribution is 7.90. The van der Waals surface area contributed by atoms with Crippen molar-refractivity contribution in [2.24, 2.45) is 5.92 Å². The number of hydrogen-bond acceptors (Lipinski definition) is 4. The van der Waals surface area contributed by atoms with Gasteiger partial charge < -0.3 is 9.84 Å². The highest BCUT2D eigenvalue weighted by Gasteiger charge is 2.52. The Bertz CT molecular complexity index is 955. The summed E-state index contributed by atoms with van der Waals surface area (Å²) in [7, 11) is -3.75. The molecule has 2 aromatic carbocycles. The van der Waals surface area contributed by atoms with E-state index < -0.39 is 40.4 Å². The SMILES string of the molecule is O=C(O)[C@@H]1Cc2cc(S(=O)(=O)Cc3ccccc3)ccc2O[C@@H]1C(F)(F)F. The fourth-order valence-corrected chi connectivity index (χ4v) is 4.37. The lowest BCUT2D eigenvalue weighted by atomic mass is 9.90. The predicted octanol–water partition coefficient (Wildman–Crippen LogP) is 3.23. The van der Waals surface area contributed by atoms with E-state index in [1.807, 2.05) is 0 Å². The smallest absolute Gasteiger partial charge is 0.426 e. The summed E-state index contributed by atoms with van der Waals surface area (Å²) < 4.78 is 69.3. The Kier molecular flexibility index (Phi) is 4.90. The van der Waals surface area contributed by atoms with E-state index in [9.17, 15) is 26.4 Å². The Hall–Kier alpha value is -2.55. The molecule has 27 heavy (non-hydrogen) atoms. The molecule has 1 aliphatic rings. The Morgan fingerprint density at radius 1 is 1.15 bits per heavy atom. The van der Waals surface area contributed by atoms with Crippen LogP contribution in [0, 0.1) is 5.92 Å². The molecule has 0 unspecified atom stereocenters. The summed E-state index contributed by atoms with van der Waals surface area (Å²) in [6.45, 7) is 0. The molecule has 2 aromatic rings. The van der Waals surface area contributed by atoms with Crippen LogP contribution in [0.3, 0.4) is 0 Å². The van der Waals surface area contributed by atoms with Gasteiger partial charge in [0.25, 0.3) is 0 Å². The second kappa shape index (κ2) is 6.88. The number of carboxylic acid groups (broad SMARTS) is 1. The minimum atomic E-state index is -4.85. The standard InChI is InChI=1S/C18H15F3O5S/c19-18(20,21)16-14(17(22)23)9-12-8-13(6-7-15(12)26-16)27(24,25)10-11-4-2-1-3-5-11/h1-8,14,16H,9-10H2,(H,22,23)/t14-,16+/m1/s1. The highest BCUT2D eigenvalue weighted by atomic mass is 32.2. The third-order valence-corrected chi connectivity index (χ3v) is 5.98. The van der Waals surface area contributed by atoms with Crippen molar-refractivity contribution < 1.29 is 36.2 Å². The lowest BCUT2D eigenvalue weighted by molar-refractivity contribution is -0.217. The molecule has 1 aliphatic heterocycles. The molecule has 0 saturated heterocycles. The topological polar surface area (TPSA) is 80.7 Å². The molecular weight excluding hydrogens is 385 g/mol. The van der Waals surface area contributed by atoms with Gasteiger partial charge in [0.15, 0.2) is 9.84 Å². The summed E-state index contributed by atoms with van der Waals surface area (Å²) in [5.41, 5.74) is 0.684. The number of sulfone groups is 1. The van der Waals surface area contributed by atoms with Crippen molar-refractivity contribution in [3.8, 4) is 5.75 Å². The van der Waals surface area contributed by atoms with Gasteiger partial charge >= 0.3 is 12.1 Å². The van der Waals surface area contributed by atoms with Crippen molar-refractivity contribution in [3.05, 3.63) is 59.7 Å². The fourth-order valence-electron chi connectivity index (χ4n) is 2.98. The number of carboxylic acids is 1. The van der Waals surface area contributed by atoms with Gasteiger partial charge in [0, 0.05) is 0 Å². The molecule has 3 rings (SSSR count). The summed E-state index contributed by atoms with van der Waals surface area (Å²) in [5, 5.41) is 9.12. The summed E-state index contributed by atoms with van der Waals surface area (Å²) >= 11 is 0. The Balaban J connectivity index is 1.93. The lowest BCUT2D eigenvalue weighted by Gasteiger charge is -2.32. The summed E-state index contributed by atoms with van der Waals surface area (Å²) in [6, 6.07) is 11.9. The molecule has 2 atom stereocenters. The van der Waals surface area contributed by atoms with Crippen molar-refractivity contribution in [1.82, 2.24) is 0 Å². The number of ether oxygens (including phenoxy) is 1. The van der Waals surface area contributed by atoms with Crippen LogP contribution in [0.5, 0.6) is 5.75 Å². The van der Waals surface area contributed by atoms with Crippen LogP contribution >= 0.6 is 0 Å². The third kappa shape index (κ3) is 4.08. The van der Waals surface area contributed by atoms with E-state index in [2.05, 4.69) is 0 Å². The second-order valence-corrected chi connectivity index (χ2v) is 8.23. The average molecular weight is 400 g/mol. The molecule has 0 saturated carbocycles. The quantitative estimate of drug-likeness (QED) is 0.852. The second-order valence-electron chi connectivity index (χ2n) is 6.24. The summed E-state index contributed by atoms with van der Waals surface area (Å²) in [6.07, 6.45) is -7.79. The molecule has 144 valence electrons. The van der Waals surface area contributed by atoms with Crippen molar-refractivity contribution in [2.75, 3.05) is 0 Å². The molecule has 5 nitrogen and oxygen atoms in total. The molecule has 0 fully saturated rings. The van der Waals surface area contributed by atoms with Gasteiger partial charge in [-0.25, -0.2) is 8.42 Å². The predicted molar refractivity (Wildman–Crippen MR) is 89.1 cm³/mol. The summed E-state index contributed by atoms with van der Waals surface area (Å²) in [4.78, 5) is 11.2. The van der Waals surface area contributed by atoms with E-state index in [0.717, 1.165) is 6.07 Å². The van der Waals surface area contributed by atoms with Crippen LogP contribution < -0.4 is 4.74 Å². The Morgan fingerprint density at radius 2 is 1.81 bits per heavy atom. The number of halogens is 3. The van der Waals surface area contributed by atoms with Crippen molar-refractivity contribution in [1.29, 1.82) is 0 Å². The van der Waals surface area contributed by atoms with Crippen molar-refractivity contribution >= 4 is 15.8 Å². The van der Waals surface area contributed by atoms with Gasteiger partial charge in [-0.05, 0) is 35.7 Å². The maximum atomic E-state index is 13.1. The molecule has 0 radical (unpaired) electrons. The van der Waals surface area contributed by atoms with E-state index in [4.69, 9.17) is 9.84 Å². The van der Waals surface area contributed by atoms with E-state index in [-0.39, 0.29) is 22.0 Å². The van der Waals surface area contributed by atoms with Crippen molar-refractivity contribution in [3.63, 3.8) is 0 Å². The van der Waals surface area contributed by atoms with Gasteiger partial charge in [0.05, 0.1) is 10.6 Å². The molecule has 1 heterocycles. The van der Waals surface area contributed by atoms with Crippen LogP contribution in [0.25, 0.3) is 0 Å². The average Bonchev–Trinajstić information content (AvgIpc) is 2.59. The third-order valence-electron chi connectivity index (χ3n) is 4.29. The van der Waals surface area contributed by atoms with Gasteiger partial charge in [-0.1, -0.05) is 30.3 Å². The van der Waals surface area contributed by atoms with Gasteiger partial charge in [0.2, 0.25) is 6.10 Å². The number of hydrogen-bond donors (Lipinski definition) is 1. The van der Waals surface area contributed by atoms with E-state index in [1.54, 1.807) is 30.3 Å². The van der Waals surface area contributed by atoms with Crippen LogP contribution in [0.15, 0.2) is 53.4 Å². The maximum absolute atomic E-state index is 13.1. The number of alkyl halides is 3. The Morgan fingerprint density at radius 3 is 2.41 bits per heavy atom. The van der Waals surface area contributed by atoms with Crippen LogP contribution in [0.1, 0.15) is 11.1 Å². The minimum absolute atomic E-state index is 0.0942. The van der Waals surface area contributed by atoms with Gasteiger partial charge in [-0.3, -0.25) is 4.79 Å². The fraction of sp³-hybridized carbons (Fsp3) is 0.278. The minimum Gasteiger partial charge on any atom is -0.481 e. The molecular formula is C18H15F3O5S. The first-order valence-corrected chi connectivity index (χ1v) is 9.59. The van der Waals surface area contributed by atoms with Crippen LogP contribution in [0.4, 0.5) is 13.2 Å². The zero-order valence-corrected chi connectivity index (χ0v) is 14.6. The van der Waals surface area contributed by atoms with Crippen LogP contribution in [-0.2, 0) is 26.8 Å². The first kappa shape index (κ1) is 19.2. The van der Waals surface area contributed by atoms with Gasteiger partial charge in [0.1, 0.15) is 11.7 Å². The maximum Gasteiger partial charge on any atom is 0.426 e. The normalized spacial score (nSPS) is 19.8. The van der Waals surface area contributed by atoms with Gasteiger partial charge in [-0.2, -0.15) is 13.2 Å². The highest BCUT2D eigenvalue weighted by Crippen LogP contribution is 2.39. The van der Waals surface area contributed by atoms with E-state index >= 15 is 0 Å². The molecule has 0 aliphatic carbocycles. The number of benzene rings is 2.